The third-order valence-corrected chi connectivity index (χ3v) is 5.12. The van der Waals surface area contributed by atoms with Crippen molar-refractivity contribution in [2.45, 2.75) is 25.6 Å². The van der Waals surface area contributed by atoms with Gasteiger partial charge in [0.05, 0.1) is 27.2 Å². The van der Waals surface area contributed by atoms with Crippen molar-refractivity contribution in [3.8, 4) is 11.5 Å². The van der Waals surface area contributed by atoms with E-state index in [1.54, 1.807) is 33.3 Å². The van der Waals surface area contributed by atoms with Crippen LogP contribution in [0.1, 0.15) is 30.6 Å². The highest BCUT2D eigenvalue weighted by Gasteiger charge is 2.33. The fourth-order valence-electron chi connectivity index (χ4n) is 3.25. The molecule has 1 heterocycles. The van der Waals surface area contributed by atoms with Crippen LogP contribution in [0.15, 0.2) is 36.4 Å². The Balaban J connectivity index is 2.10. The second kappa shape index (κ2) is 9.43. The number of hydrogen-bond donors (Lipinski definition) is 1. The smallest absolute Gasteiger partial charge is 0.308 e. The number of fused-ring (bicyclic) bond motifs is 1. The second-order valence-electron chi connectivity index (χ2n) is 6.32. The standard InChI is InChI=1S/C21H22ClNO5S/c1-4-27-18(24)11-17-21(29)23-15-9-8-12(22)10-14(15)19(28-17)13-6-5-7-16(25-2)20(13)26-3/h5-10,17,19H,4,11H2,1-3H3,(H,23,29)/t17-,19+/m0/s1. The van der Waals surface area contributed by atoms with Gasteiger partial charge in [0.2, 0.25) is 0 Å². The first-order chi connectivity index (χ1) is 14.0. The predicted molar refractivity (Wildman–Crippen MR) is 115 cm³/mol. The summed E-state index contributed by atoms with van der Waals surface area (Å²) in [6.45, 7) is 2.04. The molecule has 0 unspecified atom stereocenters. The summed E-state index contributed by atoms with van der Waals surface area (Å²) >= 11 is 11.8. The quantitative estimate of drug-likeness (QED) is 0.527. The molecule has 3 rings (SSSR count). The fourth-order valence-corrected chi connectivity index (χ4v) is 3.68. The van der Waals surface area contributed by atoms with E-state index in [0.29, 0.717) is 21.5 Å². The average Bonchev–Trinajstić information content (AvgIpc) is 2.84. The van der Waals surface area contributed by atoms with Crippen LogP contribution in [0.2, 0.25) is 5.02 Å². The predicted octanol–water partition coefficient (Wildman–Crippen LogP) is 4.54. The van der Waals surface area contributed by atoms with Crippen molar-refractivity contribution >= 4 is 40.5 Å². The molecule has 1 aliphatic rings. The first kappa shape index (κ1) is 21.4. The molecule has 154 valence electrons. The highest BCUT2D eigenvalue weighted by molar-refractivity contribution is 7.80. The molecule has 0 aromatic heterocycles. The van der Waals surface area contributed by atoms with Crippen LogP contribution in [-0.2, 0) is 14.3 Å². The number of ether oxygens (including phenoxy) is 4. The van der Waals surface area contributed by atoms with Gasteiger partial charge in [-0.15, -0.1) is 0 Å². The third-order valence-electron chi connectivity index (χ3n) is 4.52. The second-order valence-corrected chi connectivity index (χ2v) is 7.19. The molecule has 2 aromatic carbocycles. The number of para-hydroxylation sites is 1. The zero-order valence-electron chi connectivity index (χ0n) is 16.4. The maximum Gasteiger partial charge on any atom is 0.308 e. The molecule has 1 N–H and O–H groups in total. The van der Waals surface area contributed by atoms with Crippen LogP contribution >= 0.6 is 23.8 Å². The summed E-state index contributed by atoms with van der Waals surface area (Å²) in [4.78, 5) is 12.5. The molecule has 2 aromatic rings. The van der Waals surface area contributed by atoms with Gasteiger partial charge in [-0.1, -0.05) is 36.0 Å². The first-order valence-electron chi connectivity index (χ1n) is 9.10. The van der Waals surface area contributed by atoms with Crippen LogP contribution in [0.25, 0.3) is 0 Å². The van der Waals surface area contributed by atoms with E-state index in [0.717, 1.165) is 16.8 Å². The molecule has 0 fully saturated rings. The Morgan fingerprint density at radius 3 is 2.69 bits per heavy atom. The number of anilines is 1. The average molecular weight is 436 g/mol. The van der Waals surface area contributed by atoms with E-state index < -0.39 is 12.2 Å². The van der Waals surface area contributed by atoms with E-state index in [2.05, 4.69) is 5.32 Å². The first-order valence-corrected chi connectivity index (χ1v) is 9.89. The van der Waals surface area contributed by atoms with Crippen LogP contribution < -0.4 is 14.8 Å². The molecular formula is C21H22ClNO5S. The molecule has 0 bridgehead atoms. The van der Waals surface area contributed by atoms with Crippen molar-refractivity contribution in [3.05, 3.63) is 52.5 Å². The minimum Gasteiger partial charge on any atom is -0.493 e. The Kier molecular flexibility index (Phi) is 6.95. The molecule has 1 aliphatic heterocycles. The summed E-state index contributed by atoms with van der Waals surface area (Å²) in [5.74, 6) is 0.717. The number of nitrogens with one attached hydrogen (secondary N) is 1. The number of carbonyl (C=O) groups is 1. The van der Waals surface area contributed by atoms with Gasteiger partial charge < -0.3 is 24.3 Å². The summed E-state index contributed by atoms with van der Waals surface area (Å²) in [6, 6.07) is 10.9. The summed E-state index contributed by atoms with van der Waals surface area (Å²) in [7, 11) is 3.14. The van der Waals surface area contributed by atoms with Crippen molar-refractivity contribution in [3.63, 3.8) is 0 Å². The maximum atomic E-state index is 12.1. The molecule has 6 nitrogen and oxygen atoms in total. The van der Waals surface area contributed by atoms with Crippen molar-refractivity contribution in [1.29, 1.82) is 0 Å². The van der Waals surface area contributed by atoms with Gasteiger partial charge in [-0.2, -0.15) is 0 Å². The van der Waals surface area contributed by atoms with Gasteiger partial charge >= 0.3 is 5.97 Å². The van der Waals surface area contributed by atoms with Gasteiger partial charge in [-0.3, -0.25) is 4.79 Å². The number of benzene rings is 2. The lowest BCUT2D eigenvalue weighted by Gasteiger charge is -2.24. The van der Waals surface area contributed by atoms with Crippen LogP contribution in [0.5, 0.6) is 11.5 Å². The Morgan fingerprint density at radius 1 is 1.21 bits per heavy atom. The number of esters is 1. The van der Waals surface area contributed by atoms with Gasteiger partial charge in [-0.05, 0) is 31.2 Å². The number of rotatable bonds is 6. The summed E-state index contributed by atoms with van der Waals surface area (Å²) in [5, 5.41) is 3.73. The molecule has 8 heteroatoms. The molecule has 0 saturated carbocycles. The van der Waals surface area contributed by atoms with E-state index in [-0.39, 0.29) is 19.0 Å². The van der Waals surface area contributed by atoms with Crippen molar-refractivity contribution in [2.75, 3.05) is 26.1 Å². The van der Waals surface area contributed by atoms with E-state index >= 15 is 0 Å². The number of carbonyl (C=O) groups excluding carboxylic acids is 1. The minimum atomic E-state index is -0.684. The lowest BCUT2D eigenvalue weighted by atomic mass is 9.98. The Labute approximate surface area is 180 Å². The Bertz CT molecular complexity index is 920. The Hall–Kier alpha value is -2.35. The molecule has 29 heavy (non-hydrogen) atoms. The fraction of sp³-hybridized carbons (Fsp3) is 0.333. The van der Waals surface area contributed by atoms with Gasteiger partial charge in [0.15, 0.2) is 11.5 Å². The minimum absolute atomic E-state index is 0.00974. The van der Waals surface area contributed by atoms with Crippen LogP contribution in [0.3, 0.4) is 0 Å². The zero-order chi connectivity index (χ0) is 21.0. The van der Waals surface area contributed by atoms with Crippen molar-refractivity contribution < 1.29 is 23.7 Å². The highest BCUT2D eigenvalue weighted by atomic mass is 35.5. The summed E-state index contributed by atoms with van der Waals surface area (Å²) < 4.78 is 22.5. The lowest BCUT2D eigenvalue weighted by molar-refractivity contribution is -0.145. The molecule has 0 spiro atoms. The Morgan fingerprint density at radius 2 is 2.00 bits per heavy atom. The van der Waals surface area contributed by atoms with Gasteiger partial charge in [0.1, 0.15) is 17.2 Å². The topological polar surface area (TPSA) is 66.0 Å². The maximum absolute atomic E-state index is 12.1. The number of methoxy groups -OCH3 is 2. The zero-order valence-corrected chi connectivity index (χ0v) is 17.9. The van der Waals surface area contributed by atoms with Crippen LogP contribution in [0.4, 0.5) is 5.69 Å². The van der Waals surface area contributed by atoms with Gasteiger partial charge in [-0.25, -0.2) is 0 Å². The largest absolute Gasteiger partial charge is 0.493 e. The van der Waals surface area contributed by atoms with Gasteiger partial charge in [0.25, 0.3) is 0 Å². The molecule has 0 amide bonds. The third kappa shape index (κ3) is 4.63. The molecule has 2 atom stereocenters. The SMILES string of the molecule is CCOC(=O)C[C@@H]1O[C@H](c2cccc(OC)c2OC)c2cc(Cl)ccc2NC1=S. The normalized spacial score (nSPS) is 18.3. The van der Waals surface area contributed by atoms with E-state index in [1.807, 2.05) is 24.3 Å². The highest BCUT2D eigenvalue weighted by Crippen LogP contribution is 2.43. The number of thiocarbonyl (C=S) groups is 1. The van der Waals surface area contributed by atoms with Crippen LogP contribution in [-0.4, -0.2) is 37.9 Å². The summed E-state index contributed by atoms with van der Waals surface area (Å²) in [6.07, 6.45) is -1.29. The number of hydrogen-bond acceptors (Lipinski definition) is 6. The number of halogens is 1. The van der Waals surface area contributed by atoms with E-state index in [4.69, 9.17) is 42.8 Å². The summed E-state index contributed by atoms with van der Waals surface area (Å²) in [5.41, 5.74) is 2.26. The van der Waals surface area contributed by atoms with E-state index in [1.165, 1.54) is 0 Å². The molecule has 0 radical (unpaired) electrons. The van der Waals surface area contributed by atoms with Crippen molar-refractivity contribution in [1.82, 2.24) is 0 Å². The molecule has 0 saturated heterocycles. The van der Waals surface area contributed by atoms with Crippen molar-refractivity contribution in [2.24, 2.45) is 0 Å². The molecule has 0 aliphatic carbocycles. The van der Waals surface area contributed by atoms with Crippen LogP contribution in [0, 0.1) is 0 Å². The monoisotopic (exact) mass is 435 g/mol. The van der Waals surface area contributed by atoms with E-state index in [9.17, 15) is 4.79 Å². The molecular weight excluding hydrogens is 414 g/mol. The van der Waals surface area contributed by atoms with Gasteiger partial charge in [0, 0.05) is 21.8 Å². The lowest BCUT2D eigenvalue weighted by Crippen LogP contribution is -2.31.